The van der Waals surface area contributed by atoms with Crippen LogP contribution in [0.3, 0.4) is 0 Å². The summed E-state index contributed by atoms with van der Waals surface area (Å²) in [5.74, 6) is 0.373. The molecule has 6 heteroatoms. The maximum Gasteiger partial charge on any atom is 0.265 e. The van der Waals surface area contributed by atoms with Gasteiger partial charge in [-0.05, 0) is 38.1 Å². The van der Waals surface area contributed by atoms with Gasteiger partial charge in [0.1, 0.15) is 5.75 Å². The van der Waals surface area contributed by atoms with Gasteiger partial charge in [0, 0.05) is 16.6 Å². The summed E-state index contributed by atoms with van der Waals surface area (Å²) in [5, 5.41) is 4.47. The van der Waals surface area contributed by atoms with Crippen LogP contribution in [-0.2, 0) is 6.54 Å². The first kappa shape index (κ1) is 18.3. The average molecular weight is 392 g/mol. The number of carbonyl (C=O) groups is 1. The molecule has 0 spiro atoms. The van der Waals surface area contributed by atoms with Crippen LogP contribution in [0.1, 0.15) is 23.5 Å². The third-order valence-electron chi connectivity index (χ3n) is 4.62. The summed E-state index contributed by atoms with van der Waals surface area (Å²) in [6.45, 7) is 4.94. The zero-order valence-electron chi connectivity index (χ0n) is 15.7. The van der Waals surface area contributed by atoms with Crippen molar-refractivity contribution < 1.29 is 9.53 Å². The summed E-state index contributed by atoms with van der Waals surface area (Å²) >= 11 is 1.34. The maximum atomic E-state index is 12.9. The standard InChI is InChI=1S/C22H20N2O3S/c1-3-24-17-11-7-5-9-14(17)20-15(22(24)26)13-19(28-20)21(25)23-16-10-6-8-12-18(16)27-4-2/h5-13H,3-4H2,1-2H3,(H,23,25). The van der Waals surface area contributed by atoms with Crippen LogP contribution < -0.4 is 15.6 Å². The minimum atomic E-state index is -0.250. The number of nitrogens with one attached hydrogen (secondary N) is 1. The molecule has 2 heterocycles. The molecule has 0 fully saturated rings. The second-order valence-corrected chi connectivity index (χ2v) is 7.36. The van der Waals surface area contributed by atoms with Gasteiger partial charge in [-0.1, -0.05) is 30.3 Å². The van der Waals surface area contributed by atoms with Crippen molar-refractivity contribution in [3.05, 3.63) is 69.8 Å². The molecule has 28 heavy (non-hydrogen) atoms. The highest BCUT2D eigenvalue weighted by Gasteiger charge is 2.17. The third-order valence-corrected chi connectivity index (χ3v) is 5.79. The highest BCUT2D eigenvalue weighted by Crippen LogP contribution is 2.32. The molecule has 4 aromatic rings. The van der Waals surface area contributed by atoms with E-state index < -0.39 is 0 Å². The number of amides is 1. The molecule has 0 aliphatic heterocycles. The molecule has 2 aromatic heterocycles. The molecule has 0 unspecified atom stereocenters. The van der Waals surface area contributed by atoms with Crippen molar-refractivity contribution in [3.63, 3.8) is 0 Å². The number of anilines is 1. The van der Waals surface area contributed by atoms with Crippen LogP contribution in [0.5, 0.6) is 5.75 Å². The Hall–Kier alpha value is -3.12. The fourth-order valence-electron chi connectivity index (χ4n) is 3.37. The van der Waals surface area contributed by atoms with Gasteiger partial charge in [0.05, 0.1) is 28.1 Å². The monoisotopic (exact) mass is 392 g/mol. The van der Waals surface area contributed by atoms with Gasteiger partial charge in [0.15, 0.2) is 0 Å². The number of aromatic nitrogens is 1. The number of pyridine rings is 1. The van der Waals surface area contributed by atoms with Crippen LogP contribution in [0.25, 0.3) is 21.0 Å². The lowest BCUT2D eigenvalue weighted by molar-refractivity contribution is 0.103. The number of carbonyl (C=O) groups excluding carboxylic acids is 1. The van der Waals surface area contributed by atoms with E-state index in [1.165, 1.54) is 11.3 Å². The lowest BCUT2D eigenvalue weighted by Gasteiger charge is -2.10. The zero-order valence-corrected chi connectivity index (χ0v) is 16.5. The van der Waals surface area contributed by atoms with Crippen LogP contribution in [0.15, 0.2) is 59.4 Å². The van der Waals surface area contributed by atoms with Gasteiger partial charge in [-0.2, -0.15) is 0 Å². The summed E-state index contributed by atoms with van der Waals surface area (Å²) in [4.78, 5) is 26.3. The fourth-order valence-corrected chi connectivity index (χ4v) is 4.45. The zero-order chi connectivity index (χ0) is 19.7. The first-order chi connectivity index (χ1) is 13.6. The first-order valence-electron chi connectivity index (χ1n) is 9.22. The van der Waals surface area contributed by atoms with Crippen molar-refractivity contribution in [1.82, 2.24) is 4.57 Å². The molecule has 0 saturated carbocycles. The Kier molecular flexibility index (Phi) is 4.88. The Morgan fingerprint density at radius 3 is 2.61 bits per heavy atom. The minimum Gasteiger partial charge on any atom is -0.492 e. The Morgan fingerprint density at radius 2 is 1.82 bits per heavy atom. The summed E-state index contributed by atoms with van der Waals surface area (Å²) in [6.07, 6.45) is 0. The Bertz CT molecular complexity index is 1240. The molecule has 4 rings (SSSR count). The fraction of sp³-hybridized carbons (Fsp3) is 0.182. The third kappa shape index (κ3) is 3.05. The van der Waals surface area contributed by atoms with Crippen LogP contribution in [0, 0.1) is 0 Å². The second-order valence-electron chi connectivity index (χ2n) is 6.30. The molecule has 1 N–H and O–H groups in total. The van der Waals surface area contributed by atoms with Gasteiger partial charge in [0.25, 0.3) is 11.5 Å². The normalized spacial score (nSPS) is 11.1. The largest absolute Gasteiger partial charge is 0.492 e. The molecular formula is C22H20N2O3S. The number of aryl methyl sites for hydroxylation is 1. The summed E-state index contributed by atoms with van der Waals surface area (Å²) in [6, 6.07) is 16.8. The first-order valence-corrected chi connectivity index (χ1v) is 10.0. The van der Waals surface area contributed by atoms with Crippen LogP contribution in [0.4, 0.5) is 5.69 Å². The van der Waals surface area contributed by atoms with E-state index in [2.05, 4.69) is 5.32 Å². The number of thiophene rings is 1. The van der Waals surface area contributed by atoms with Crippen molar-refractivity contribution in [3.8, 4) is 5.75 Å². The number of para-hydroxylation sites is 3. The van der Waals surface area contributed by atoms with E-state index in [4.69, 9.17) is 4.74 Å². The number of ether oxygens (including phenoxy) is 1. The Morgan fingerprint density at radius 1 is 1.07 bits per heavy atom. The second kappa shape index (κ2) is 7.48. The van der Waals surface area contributed by atoms with Gasteiger partial charge in [-0.25, -0.2) is 0 Å². The van der Waals surface area contributed by atoms with E-state index in [9.17, 15) is 9.59 Å². The molecule has 0 atom stereocenters. The summed E-state index contributed by atoms with van der Waals surface area (Å²) < 4.78 is 8.16. The van der Waals surface area contributed by atoms with E-state index in [0.717, 1.165) is 15.6 Å². The maximum absolute atomic E-state index is 12.9. The number of hydrogen-bond donors (Lipinski definition) is 1. The smallest absolute Gasteiger partial charge is 0.265 e. The molecule has 1 amide bonds. The number of fused-ring (bicyclic) bond motifs is 3. The predicted octanol–water partition coefficient (Wildman–Crippen LogP) is 4.89. The van der Waals surface area contributed by atoms with Crippen LogP contribution >= 0.6 is 11.3 Å². The van der Waals surface area contributed by atoms with E-state index >= 15 is 0 Å². The Labute approximate surface area is 166 Å². The lowest BCUT2D eigenvalue weighted by Crippen LogP contribution is -2.19. The molecule has 2 aromatic carbocycles. The van der Waals surface area contributed by atoms with Crippen molar-refractivity contribution in [2.24, 2.45) is 0 Å². The lowest BCUT2D eigenvalue weighted by atomic mass is 10.1. The van der Waals surface area contributed by atoms with Gasteiger partial charge < -0.3 is 14.6 Å². The van der Waals surface area contributed by atoms with Crippen LogP contribution in [0.2, 0.25) is 0 Å². The highest BCUT2D eigenvalue weighted by molar-refractivity contribution is 7.21. The van der Waals surface area contributed by atoms with Gasteiger partial charge >= 0.3 is 0 Å². The van der Waals surface area contributed by atoms with E-state index in [1.807, 2.05) is 56.3 Å². The van der Waals surface area contributed by atoms with Gasteiger partial charge in [-0.3, -0.25) is 9.59 Å². The molecular weight excluding hydrogens is 372 g/mol. The van der Waals surface area contributed by atoms with E-state index in [-0.39, 0.29) is 11.5 Å². The molecule has 0 saturated heterocycles. The molecule has 5 nitrogen and oxygen atoms in total. The number of nitrogens with zero attached hydrogens (tertiary/aromatic N) is 1. The van der Waals surface area contributed by atoms with Crippen molar-refractivity contribution in [1.29, 1.82) is 0 Å². The summed E-state index contributed by atoms with van der Waals surface area (Å²) in [7, 11) is 0. The number of rotatable bonds is 5. The number of benzene rings is 2. The Balaban J connectivity index is 1.80. The van der Waals surface area contributed by atoms with Crippen molar-refractivity contribution in [2.75, 3.05) is 11.9 Å². The molecule has 0 bridgehead atoms. The average Bonchev–Trinajstić information content (AvgIpc) is 3.16. The molecule has 0 radical (unpaired) electrons. The molecule has 142 valence electrons. The van der Waals surface area contributed by atoms with E-state index in [0.29, 0.717) is 34.9 Å². The van der Waals surface area contributed by atoms with Gasteiger partial charge in [-0.15, -0.1) is 11.3 Å². The van der Waals surface area contributed by atoms with Crippen molar-refractivity contribution in [2.45, 2.75) is 20.4 Å². The summed E-state index contributed by atoms with van der Waals surface area (Å²) in [5.41, 5.74) is 1.43. The topological polar surface area (TPSA) is 60.3 Å². The molecule has 0 aliphatic rings. The van der Waals surface area contributed by atoms with Crippen LogP contribution in [-0.4, -0.2) is 17.1 Å². The minimum absolute atomic E-state index is 0.0683. The predicted molar refractivity (Wildman–Crippen MR) is 115 cm³/mol. The highest BCUT2D eigenvalue weighted by atomic mass is 32.1. The van der Waals surface area contributed by atoms with Crippen molar-refractivity contribution >= 4 is 43.9 Å². The van der Waals surface area contributed by atoms with E-state index in [1.54, 1.807) is 16.7 Å². The molecule has 0 aliphatic carbocycles. The quantitative estimate of drug-likeness (QED) is 0.526. The SMILES string of the molecule is CCOc1ccccc1NC(=O)c1cc2c(=O)n(CC)c3ccccc3c2s1. The van der Waals surface area contributed by atoms with Gasteiger partial charge in [0.2, 0.25) is 0 Å². The number of hydrogen-bond acceptors (Lipinski definition) is 4.